The van der Waals surface area contributed by atoms with Crippen molar-refractivity contribution < 1.29 is 24.6 Å². The van der Waals surface area contributed by atoms with Gasteiger partial charge >= 0.3 is 18.0 Å². The Bertz CT molecular complexity index is 477. The smallest absolute Gasteiger partial charge is 0.326 e. The molecule has 0 saturated heterocycles. The van der Waals surface area contributed by atoms with Crippen LogP contribution in [0.3, 0.4) is 0 Å². The van der Waals surface area contributed by atoms with E-state index in [0.29, 0.717) is 5.69 Å². The average molecular weight is 281 g/mol. The highest BCUT2D eigenvalue weighted by Crippen LogP contribution is 2.05. The van der Waals surface area contributed by atoms with E-state index < -0.39 is 24.0 Å². The molecule has 1 heterocycles. The Morgan fingerprint density at radius 2 is 2.05 bits per heavy atom. The summed E-state index contributed by atoms with van der Waals surface area (Å²) in [5, 5.41) is 22.1. The van der Waals surface area contributed by atoms with Crippen LogP contribution in [0.5, 0.6) is 0 Å². The van der Waals surface area contributed by atoms with Gasteiger partial charge in [-0.1, -0.05) is 0 Å². The van der Waals surface area contributed by atoms with E-state index in [4.69, 9.17) is 10.2 Å². The molecule has 0 fully saturated rings. The maximum Gasteiger partial charge on any atom is 0.326 e. The summed E-state index contributed by atoms with van der Waals surface area (Å²) in [6.45, 7) is 0. The van der Waals surface area contributed by atoms with Crippen LogP contribution in [0.1, 0.15) is 19.3 Å². The second-order valence-corrected chi connectivity index (χ2v) is 4.02. The maximum atomic E-state index is 11.6. The van der Waals surface area contributed by atoms with Crippen LogP contribution < -0.4 is 10.6 Å². The zero-order valence-electron chi connectivity index (χ0n) is 10.6. The summed E-state index contributed by atoms with van der Waals surface area (Å²) in [5.41, 5.74) is 0.430. The zero-order chi connectivity index (χ0) is 15.0. The summed E-state index contributed by atoms with van der Waals surface area (Å²) < 4.78 is 0. The minimum absolute atomic E-state index is 0.0437. The molecule has 1 aromatic heterocycles. The molecule has 2 amide bonds. The van der Waals surface area contributed by atoms with Gasteiger partial charge in [0.05, 0.1) is 11.9 Å². The van der Waals surface area contributed by atoms with Gasteiger partial charge < -0.3 is 20.8 Å². The number of pyridine rings is 1. The number of hydrogen-bond acceptors (Lipinski definition) is 4. The van der Waals surface area contributed by atoms with Crippen LogP contribution in [-0.2, 0) is 9.59 Å². The lowest BCUT2D eigenvalue weighted by Gasteiger charge is -2.14. The Balaban J connectivity index is 2.46. The first-order valence-corrected chi connectivity index (χ1v) is 5.91. The summed E-state index contributed by atoms with van der Waals surface area (Å²) in [7, 11) is 0. The monoisotopic (exact) mass is 281 g/mol. The highest BCUT2D eigenvalue weighted by atomic mass is 16.4. The molecular formula is C12H15N3O5. The third-order valence-corrected chi connectivity index (χ3v) is 2.41. The minimum atomic E-state index is -1.21. The number of nitrogens with zero attached hydrogens (tertiary/aromatic N) is 1. The predicted molar refractivity (Wildman–Crippen MR) is 69.3 cm³/mol. The first kappa shape index (κ1) is 15.4. The van der Waals surface area contributed by atoms with Gasteiger partial charge in [0.15, 0.2) is 0 Å². The van der Waals surface area contributed by atoms with Gasteiger partial charge in [0.1, 0.15) is 6.04 Å². The standard InChI is InChI=1S/C12H15N3O5/c16-10(17)5-1-4-9(11(18)19)15-12(20)14-8-3-2-6-13-7-8/h2-3,6-7,9H,1,4-5H2,(H,16,17)(H,18,19)(H2,14,15,20)/t9-/m1/s1. The first-order chi connectivity index (χ1) is 9.49. The van der Waals surface area contributed by atoms with Crippen LogP contribution in [0, 0.1) is 0 Å². The molecular weight excluding hydrogens is 266 g/mol. The van der Waals surface area contributed by atoms with E-state index in [1.807, 2.05) is 0 Å². The molecule has 1 aromatic rings. The van der Waals surface area contributed by atoms with E-state index in [1.165, 1.54) is 12.4 Å². The second-order valence-electron chi connectivity index (χ2n) is 4.02. The van der Waals surface area contributed by atoms with Gasteiger partial charge in [-0.2, -0.15) is 0 Å². The molecule has 0 unspecified atom stereocenters. The number of carbonyl (C=O) groups is 3. The summed E-state index contributed by atoms with van der Waals surface area (Å²) in [4.78, 5) is 36.7. The predicted octanol–water partition coefficient (Wildman–Crippen LogP) is 0.911. The summed E-state index contributed by atoms with van der Waals surface area (Å²) >= 11 is 0. The van der Waals surface area contributed by atoms with E-state index in [9.17, 15) is 14.4 Å². The number of aromatic nitrogens is 1. The van der Waals surface area contributed by atoms with Gasteiger partial charge in [-0.15, -0.1) is 0 Å². The SMILES string of the molecule is O=C(O)CCC[C@@H](NC(=O)Nc1cccnc1)C(=O)O. The number of amides is 2. The van der Waals surface area contributed by atoms with E-state index in [0.717, 1.165) is 0 Å². The Labute approximate surface area is 114 Å². The molecule has 20 heavy (non-hydrogen) atoms. The Hall–Kier alpha value is -2.64. The van der Waals surface area contributed by atoms with Crippen molar-refractivity contribution in [3.05, 3.63) is 24.5 Å². The van der Waals surface area contributed by atoms with Gasteiger partial charge in [0, 0.05) is 12.6 Å². The van der Waals surface area contributed by atoms with Crippen LogP contribution in [0.2, 0.25) is 0 Å². The summed E-state index contributed by atoms with van der Waals surface area (Å²) in [6, 6.07) is 1.41. The van der Waals surface area contributed by atoms with Crippen LogP contribution in [0.4, 0.5) is 10.5 Å². The van der Waals surface area contributed by atoms with Crippen molar-refractivity contribution in [3.63, 3.8) is 0 Å². The fourth-order valence-corrected chi connectivity index (χ4v) is 1.48. The van der Waals surface area contributed by atoms with E-state index in [1.54, 1.807) is 12.1 Å². The molecule has 0 spiro atoms. The number of carboxylic acids is 2. The molecule has 1 atom stereocenters. The summed E-state index contributed by atoms with van der Waals surface area (Å²) in [5.74, 6) is -2.22. The number of hydrogen-bond donors (Lipinski definition) is 4. The number of anilines is 1. The van der Waals surface area contributed by atoms with Crippen LogP contribution in [-0.4, -0.2) is 39.2 Å². The first-order valence-electron chi connectivity index (χ1n) is 5.91. The van der Waals surface area contributed by atoms with Crippen LogP contribution >= 0.6 is 0 Å². The van der Waals surface area contributed by atoms with Gasteiger partial charge in [-0.3, -0.25) is 9.78 Å². The van der Waals surface area contributed by atoms with Gasteiger partial charge in [-0.05, 0) is 25.0 Å². The molecule has 0 aliphatic heterocycles. The van der Waals surface area contributed by atoms with Crippen molar-refractivity contribution in [2.45, 2.75) is 25.3 Å². The van der Waals surface area contributed by atoms with Gasteiger partial charge in [-0.25, -0.2) is 9.59 Å². The number of urea groups is 1. The lowest BCUT2D eigenvalue weighted by atomic mass is 10.1. The van der Waals surface area contributed by atoms with Crippen molar-refractivity contribution in [2.75, 3.05) is 5.32 Å². The molecule has 0 aliphatic carbocycles. The molecule has 0 saturated carbocycles. The molecule has 8 heteroatoms. The number of carboxylic acid groups (broad SMARTS) is 2. The molecule has 0 aromatic carbocycles. The molecule has 4 N–H and O–H groups in total. The number of nitrogens with one attached hydrogen (secondary N) is 2. The van der Waals surface area contributed by atoms with E-state index in [2.05, 4.69) is 15.6 Å². The fraction of sp³-hybridized carbons (Fsp3) is 0.333. The Morgan fingerprint density at radius 1 is 1.30 bits per heavy atom. The fourth-order valence-electron chi connectivity index (χ4n) is 1.48. The molecule has 1 rings (SSSR count). The molecule has 0 radical (unpaired) electrons. The minimum Gasteiger partial charge on any atom is -0.481 e. The van der Waals surface area contributed by atoms with Crippen LogP contribution in [0.15, 0.2) is 24.5 Å². The largest absolute Gasteiger partial charge is 0.481 e. The highest BCUT2D eigenvalue weighted by Gasteiger charge is 2.19. The van der Waals surface area contributed by atoms with Crippen molar-refractivity contribution in [1.29, 1.82) is 0 Å². The lowest BCUT2D eigenvalue weighted by Crippen LogP contribution is -2.43. The topological polar surface area (TPSA) is 129 Å². The third-order valence-electron chi connectivity index (χ3n) is 2.41. The van der Waals surface area contributed by atoms with E-state index >= 15 is 0 Å². The average Bonchev–Trinajstić information content (AvgIpc) is 2.38. The number of carbonyl (C=O) groups excluding carboxylic acids is 1. The van der Waals surface area contributed by atoms with Crippen molar-refractivity contribution >= 4 is 23.7 Å². The third kappa shape index (κ3) is 5.80. The zero-order valence-corrected chi connectivity index (χ0v) is 10.6. The van der Waals surface area contributed by atoms with E-state index in [-0.39, 0.29) is 19.3 Å². The van der Waals surface area contributed by atoms with Gasteiger partial charge in [0.2, 0.25) is 0 Å². The molecule has 0 aliphatic rings. The van der Waals surface area contributed by atoms with Crippen LogP contribution in [0.25, 0.3) is 0 Å². The highest BCUT2D eigenvalue weighted by molar-refractivity contribution is 5.92. The van der Waals surface area contributed by atoms with Gasteiger partial charge in [0.25, 0.3) is 0 Å². The summed E-state index contributed by atoms with van der Waals surface area (Å²) in [6.07, 6.45) is 3.02. The maximum absolute atomic E-state index is 11.6. The number of aliphatic carboxylic acids is 2. The quantitative estimate of drug-likeness (QED) is 0.588. The lowest BCUT2D eigenvalue weighted by molar-refractivity contribution is -0.140. The molecule has 8 nitrogen and oxygen atoms in total. The van der Waals surface area contributed by atoms with Crippen molar-refractivity contribution in [2.24, 2.45) is 0 Å². The Kier molecular flexibility index (Phi) is 5.95. The Morgan fingerprint density at radius 3 is 2.60 bits per heavy atom. The number of rotatable bonds is 7. The molecule has 0 bridgehead atoms. The molecule has 108 valence electrons. The second kappa shape index (κ2) is 7.72. The normalized spacial score (nSPS) is 11.4. The van der Waals surface area contributed by atoms with Crippen molar-refractivity contribution in [1.82, 2.24) is 10.3 Å². The van der Waals surface area contributed by atoms with Crippen molar-refractivity contribution in [3.8, 4) is 0 Å².